The van der Waals surface area contributed by atoms with Gasteiger partial charge in [0, 0.05) is 26.1 Å². The molecule has 19 heavy (non-hydrogen) atoms. The van der Waals surface area contributed by atoms with Gasteiger partial charge in [-0.15, -0.1) is 0 Å². The van der Waals surface area contributed by atoms with E-state index < -0.39 is 5.69 Å². The van der Waals surface area contributed by atoms with Gasteiger partial charge in [-0.25, -0.2) is 4.79 Å². The normalized spacial score (nSPS) is 26.8. The van der Waals surface area contributed by atoms with Crippen molar-refractivity contribution in [2.45, 2.75) is 31.2 Å². The van der Waals surface area contributed by atoms with Gasteiger partial charge in [0.25, 0.3) is 5.56 Å². The van der Waals surface area contributed by atoms with Crippen molar-refractivity contribution in [2.24, 2.45) is 14.1 Å². The summed E-state index contributed by atoms with van der Waals surface area (Å²) in [7, 11) is 2.97. The molecule has 0 radical (unpaired) electrons. The van der Waals surface area contributed by atoms with Crippen LogP contribution >= 0.6 is 0 Å². The minimum atomic E-state index is -0.479. The summed E-state index contributed by atoms with van der Waals surface area (Å²) in [5.41, 5.74) is -0.411. The lowest BCUT2D eigenvalue weighted by molar-refractivity contribution is 0.308. The van der Waals surface area contributed by atoms with Gasteiger partial charge in [0.1, 0.15) is 0 Å². The number of aromatic hydroxyl groups is 1. The average molecular weight is 265 g/mol. The van der Waals surface area contributed by atoms with Crippen LogP contribution in [0.3, 0.4) is 0 Å². The second kappa shape index (κ2) is 4.23. The van der Waals surface area contributed by atoms with E-state index in [1.165, 1.54) is 14.1 Å². The molecule has 0 saturated carbocycles. The molecule has 2 aliphatic heterocycles. The summed E-state index contributed by atoms with van der Waals surface area (Å²) in [6, 6.07) is 0.344. The molecule has 6 nitrogen and oxygen atoms in total. The Bertz CT molecular complexity index is 631. The highest BCUT2D eigenvalue weighted by Crippen LogP contribution is 2.40. The van der Waals surface area contributed by atoms with Crippen LogP contribution in [0.2, 0.25) is 0 Å². The first-order valence-corrected chi connectivity index (χ1v) is 6.75. The summed E-state index contributed by atoms with van der Waals surface area (Å²) in [6.07, 6.45) is 3.09. The molecule has 3 heterocycles. The fourth-order valence-electron chi connectivity index (χ4n) is 3.60. The second-order valence-corrected chi connectivity index (χ2v) is 5.58. The van der Waals surface area contributed by atoms with E-state index in [2.05, 4.69) is 4.90 Å². The van der Waals surface area contributed by atoms with Gasteiger partial charge in [0.15, 0.2) is 0 Å². The standard InChI is InChI=1S/C13H19N3O3/c1-14-11(17)10(12(18)15(2)13(14)19)8-5-7-16-6-3-4-9(8)16/h8-9,17H,3-7H2,1-2H3. The van der Waals surface area contributed by atoms with Gasteiger partial charge < -0.3 is 5.11 Å². The highest BCUT2D eigenvalue weighted by molar-refractivity contribution is 5.30. The van der Waals surface area contributed by atoms with Gasteiger partial charge in [0.2, 0.25) is 5.88 Å². The van der Waals surface area contributed by atoms with Crippen LogP contribution in [0.4, 0.5) is 0 Å². The maximum atomic E-state index is 12.3. The number of nitrogens with zero attached hydrogens (tertiary/aromatic N) is 3. The summed E-state index contributed by atoms with van der Waals surface area (Å²) >= 11 is 0. The van der Waals surface area contributed by atoms with Crippen LogP contribution < -0.4 is 11.2 Å². The second-order valence-electron chi connectivity index (χ2n) is 5.58. The summed E-state index contributed by atoms with van der Waals surface area (Å²) in [5, 5.41) is 10.2. The van der Waals surface area contributed by atoms with E-state index in [1.54, 1.807) is 0 Å². The molecular weight excluding hydrogens is 246 g/mol. The van der Waals surface area contributed by atoms with E-state index in [9.17, 15) is 14.7 Å². The van der Waals surface area contributed by atoms with E-state index in [1.807, 2.05) is 0 Å². The molecule has 0 bridgehead atoms. The summed E-state index contributed by atoms with van der Waals surface area (Å²) < 4.78 is 2.25. The van der Waals surface area contributed by atoms with Crippen LogP contribution in [0, 0.1) is 0 Å². The van der Waals surface area contributed by atoms with Gasteiger partial charge in [-0.05, 0) is 32.4 Å². The molecule has 0 aromatic carbocycles. The monoisotopic (exact) mass is 265 g/mol. The third-order valence-corrected chi connectivity index (χ3v) is 4.64. The van der Waals surface area contributed by atoms with Crippen LogP contribution in [-0.2, 0) is 14.1 Å². The van der Waals surface area contributed by atoms with Crippen molar-refractivity contribution in [1.82, 2.24) is 14.0 Å². The molecule has 0 amide bonds. The molecule has 0 spiro atoms. The lowest BCUT2D eigenvalue weighted by Gasteiger charge is -2.21. The predicted molar refractivity (Wildman–Crippen MR) is 70.5 cm³/mol. The van der Waals surface area contributed by atoms with Gasteiger partial charge >= 0.3 is 5.69 Å². The number of hydrogen-bond acceptors (Lipinski definition) is 4. The first-order chi connectivity index (χ1) is 9.02. The number of fused-ring (bicyclic) bond motifs is 1. The Labute approximate surface area is 110 Å². The van der Waals surface area contributed by atoms with Crippen LogP contribution in [0.25, 0.3) is 0 Å². The molecule has 2 atom stereocenters. The summed E-state index contributed by atoms with van der Waals surface area (Å²) in [5.74, 6) is -0.111. The zero-order valence-electron chi connectivity index (χ0n) is 11.3. The van der Waals surface area contributed by atoms with Crippen molar-refractivity contribution in [2.75, 3.05) is 13.1 Å². The number of aromatic nitrogens is 2. The van der Waals surface area contributed by atoms with Gasteiger partial charge in [-0.2, -0.15) is 0 Å². The largest absolute Gasteiger partial charge is 0.494 e. The predicted octanol–water partition coefficient (Wildman–Crippen LogP) is -0.259. The Balaban J connectivity index is 2.16. The first kappa shape index (κ1) is 12.5. The highest BCUT2D eigenvalue weighted by atomic mass is 16.3. The molecule has 2 fully saturated rings. The van der Waals surface area contributed by atoms with Crippen molar-refractivity contribution >= 4 is 0 Å². The lowest BCUT2D eigenvalue weighted by atomic mass is 9.91. The van der Waals surface area contributed by atoms with Gasteiger partial charge in [0.05, 0.1) is 5.56 Å². The first-order valence-electron chi connectivity index (χ1n) is 6.75. The molecule has 104 valence electrons. The lowest BCUT2D eigenvalue weighted by Crippen LogP contribution is -2.40. The molecule has 2 aliphatic rings. The minimum Gasteiger partial charge on any atom is -0.494 e. The molecule has 1 aromatic heterocycles. The molecule has 1 N–H and O–H groups in total. The Hall–Kier alpha value is -1.56. The topological polar surface area (TPSA) is 67.5 Å². The highest BCUT2D eigenvalue weighted by Gasteiger charge is 2.41. The smallest absolute Gasteiger partial charge is 0.333 e. The maximum Gasteiger partial charge on any atom is 0.333 e. The van der Waals surface area contributed by atoms with E-state index >= 15 is 0 Å². The Morgan fingerprint density at radius 2 is 1.84 bits per heavy atom. The molecule has 1 aromatic rings. The van der Waals surface area contributed by atoms with Crippen LogP contribution in [-0.4, -0.2) is 38.3 Å². The number of rotatable bonds is 1. The van der Waals surface area contributed by atoms with E-state index in [-0.39, 0.29) is 17.4 Å². The quantitative estimate of drug-likeness (QED) is 0.760. The SMILES string of the molecule is Cn1c(O)c(C2CCN3CCCC23)c(=O)n(C)c1=O. The molecule has 0 aliphatic carbocycles. The third-order valence-electron chi connectivity index (χ3n) is 4.64. The van der Waals surface area contributed by atoms with Crippen molar-refractivity contribution < 1.29 is 5.11 Å². The van der Waals surface area contributed by atoms with Crippen LogP contribution in [0.15, 0.2) is 9.59 Å². The van der Waals surface area contributed by atoms with E-state index in [0.717, 1.165) is 41.5 Å². The fraction of sp³-hybridized carbons (Fsp3) is 0.692. The molecule has 6 heteroatoms. The van der Waals surface area contributed by atoms with Gasteiger partial charge in [-0.3, -0.25) is 18.8 Å². The zero-order valence-corrected chi connectivity index (χ0v) is 11.3. The molecule has 2 unspecified atom stereocenters. The van der Waals surface area contributed by atoms with Crippen LogP contribution in [0.1, 0.15) is 30.7 Å². The van der Waals surface area contributed by atoms with E-state index in [4.69, 9.17) is 0 Å². The van der Waals surface area contributed by atoms with Crippen molar-refractivity contribution in [3.8, 4) is 5.88 Å². The molecular formula is C13H19N3O3. The maximum absolute atomic E-state index is 12.3. The molecule has 3 rings (SSSR count). The zero-order chi connectivity index (χ0) is 13.7. The molecule has 2 saturated heterocycles. The Morgan fingerprint density at radius 3 is 2.58 bits per heavy atom. The van der Waals surface area contributed by atoms with Gasteiger partial charge in [-0.1, -0.05) is 0 Å². The summed E-state index contributed by atoms with van der Waals surface area (Å²) in [4.78, 5) is 26.5. The average Bonchev–Trinajstić information content (AvgIpc) is 2.98. The minimum absolute atomic E-state index is 0.0491. The Kier molecular flexibility index (Phi) is 2.78. The number of hydrogen-bond donors (Lipinski definition) is 1. The third kappa shape index (κ3) is 1.66. The van der Waals surface area contributed by atoms with Crippen molar-refractivity contribution in [1.29, 1.82) is 0 Å². The Morgan fingerprint density at radius 1 is 1.11 bits per heavy atom. The van der Waals surface area contributed by atoms with Crippen LogP contribution in [0.5, 0.6) is 5.88 Å². The summed E-state index contributed by atoms with van der Waals surface area (Å²) in [6.45, 7) is 2.05. The fourth-order valence-corrected chi connectivity index (χ4v) is 3.60. The van der Waals surface area contributed by atoms with Crippen molar-refractivity contribution in [3.63, 3.8) is 0 Å². The van der Waals surface area contributed by atoms with Crippen molar-refractivity contribution in [3.05, 3.63) is 26.4 Å². The van der Waals surface area contributed by atoms with E-state index in [0.29, 0.717) is 11.6 Å².